The molecule has 0 saturated heterocycles. The molecule has 1 heterocycles. The van der Waals surface area contributed by atoms with Crippen LogP contribution in [0.15, 0.2) is 128 Å². The van der Waals surface area contributed by atoms with E-state index in [0.717, 1.165) is 5.70 Å². The third kappa shape index (κ3) is 2.31. The third-order valence-corrected chi connectivity index (χ3v) is 8.55. The second-order valence-corrected chi connectivity index (χ2v) is 10.0. The van der Waals surface area contributed by atoms with Crippen molar-refractivity contribution in [1.82, 2.24) is 4.57 Å². The first kappa shape index (κ1) is 20.6. The highest BCUT2D eigenvalue weighted by molar-refractivity contribution is 6.15. The van der Waals surface area contributed by atoms with Gasteiger partial charge >= 0.3 is 0 Å². The topological polar surface area (TPSA) is 4.93 Å². The van der Waals surface area contributed by atoms with Crippen LogP contribution in [-0.4, -0.2) is 4.57 Å². The average Bonchev–Trinajstić information content (AvgIpc) is 3.56. The van der Waals surface area contributed by atoms with Gasteiger partial charge in [-0.25, -0.2) is 0 Å². The van der Waals surface area contributed by atoms with E-state index in [-0.39, 0.29) is 5.41 Å². The Hall–Kier alpha value is -4.62. The molecule has 0 N–H and O–H groups in total. The predicted molar refractivity (Wildman–Crippen MR) is 156 cm³/mol. The zero-order valence-electron chi connectivity index (χ0n) is 20.7. The number of rotatable bonds is 2. The molecule has 5 aromatic carbocycles. The Morgan fingerprint density at radius 1 is 0.622 bits per heavy atom. The van der Waals surface area contributed by atoms with Crippen LogP contribution in [0, 0.1) is 0 Å². The molecule has 1 aromatic heterocycles. The number of fused-ring (bicyclic) bond motifs is 14. The Labute approximate surface area is 216 Å². The van der Waals surface area contributed by atoms with Crippen molar-refractivity contribution in [2.45, 2.75) is 12.3 Å². The summed E-state index contributed by atoms with van der Waals surface area (Å²) in [5.41, 5.74) is 14.0. The molecule has 0 unspecified atom stereocenters. The number of aromatic nitrogens is 1. The van der Waals surface area contributed by atoms with Gasteiger partial charge in [-0.1, -0.05) is 116 Å². The van der Waals surface area contributed by atoms with E-state index in [1.165, 1.54) is 66.3 Å². The maximum Gasteiger partial charge on any atom is 0.0746 e. The Balaban J connectivity index is 1.69. The zero-order valence-corrected chi connectivity index (χ0v) is 20.7. The second-order valence-electron chi connectivity index (χ2n) is 10.0. The SMILES string of the molecule is C=C/C(=C\C)n1c2ccccc2c2ccc3c(c21)C1(c2ccccc2-c2ccccc21)c1ccccc1-3. The molecular formula is C36H25N. The van der Waals surface area contributed by atoms with Crippen molar-refractivity contribution in [3.8, 4) is 22.3 Å². The van der Waals surface area contributed by atoms with Crippen LogP contribution in [0.5, 0.6) is 0 Å². The summed E-state index contributed by atoms with van der Waals surface area (Å²) in [5, 5.41) is 2.55. The molecule has 0 aliphatic heterocycles. The summed E-state index contributed by atoms with van der Waals surface area (Å²) in [6.45, 7) is 6.31. The molecule has 0 bridgehead atoms. The van der Waals surface area contributed by atoms with Gasteiger partial charge in [0.25, 0.3) is 0 Å². The van der Waals surface area contributed by atoms with Crippen molar-refractivity contribution < 1.29 is 0 Å². The van der Waals surface area contributed by atoms with Crippen molar-refractivity contribution in [3.05, 3.63) is 150 Å². The quantitative estimate of drug-likeness (QED) is 0.221. The summed E-state index contributed by atoms with van der Waals surface area (Å²) in [6.07, 6.45) is 4.15. The minimum absolute atomic E-state index is 0.384. The molecule has 37 heavy (non-hydrogen) atoms. The van der Waals surface area contributed by atoms with Gasteiger partial charge in [-0.05, 0) is 58.0 Å². The molecule has 0 saturated carbocycles. The number of nitrogens with zero attached hydrogens (tertiary/aromatic N) is 1. The van der Waals surface area contributed by atoms with Gasteiger partial charge in [-0.3, -0.25) is 0 Å². The lowest BCUT2D eigenvalue weighted by Crippen LogP contribution is -2.26. The van der Waals surface area contributed by atoms with Gasteiger partial charge in [0.2, 0.25) is 0 Å². The molecule has 1 nitrogen and oxygen atoms in total. The molecule has 0 fully saturated rings. The van der Waals surface area contributed by atoms with E-state index < -0.39 is 0 Å². The normalized spacial score (nSPS) is 14.6. The molecule has 2 aliphatic carbocycles. The van der Waals surface area contributed by atoms with Crippen LogP contribution in [0.4, 0.5) is 0 Å². The first-order chi connectivity index (χ1) is 18.3. The number of allylic oxidation sites excluding steroid dienone is 3. The third-order valence-electron chi connectivity index (χ3n) is 8.55. The van der Waals surface area contributed by atoms with Gasteiger partial charge in [0, 0.05) is 22.0 Å². The van der Waals surface area contributed by atoms with Crippen molar-refractivity contribution in [2.24, 2.45) is 0 Å². The van der Waals surface area contributed by atoms with Gasteiger partial charge in [0.1, 0.15) is 0 Å². The van der Waals surface area contributed by atoms with Crippen LogP contribution in [0.25, 0.3) is 49.8 Å². The highest BCUT2D eigenvalue weighted by Gasteiger charge is 2.52. The minimum Gasteiger partial charge on any atom is -0.309 e. The molecule has 2 aliphatic rings. The van der Waals surface area contributed by atoms with Crippen LogP contribution in [0.1, 0.15) is 29.2 Å². The Kier molecular flexibility index (Phi) is 4.01. The maximum atomic E-state index is 4.21. The fourth-order valence-corrected chi connectivity index (χ4v) is 7.24. The largest absolute Gasteiger partial charge is 0.309 e. The van der Waals surface area contributed by atoms with Gasteiger partial charge in [0.15, 0.2) is 0 Å². The fraction of sp³-hybridized carbons (Fsp3) is 0.0556. The highest BCUT2D eigenvalue weighted by atomic mass is 15.0. The molecule has 0 amide bonds. The summed E-state index contributed by atoms with van der Waals surface area (Å²) in [7, 11) is 0. The van der Waals surface area contributed by atoms with Crippen LogP contribution >= 0.6 is 0 Å². The molecule has 0 radical (unpaired) electrons. The van der Waals surface area contributed by atoms with E-state index >= 15 is 0 Å². The van der Waals surface area contributed by atoms with E-state index in [1.807, 2.05) is 6.08 Å². The molecular weight excluding hydrogens is 446 g/mol. The van der Waals surface area contributed by atoms with Crippen molar-refractivity contribution in [3.63, 3.8) is 0 Å². The molecule has 174 valence electrons. The van der Waals surface area contributed by atoms with E-state index in [9.17, 15) is 0 Å². The smallest absolute Gasteiger partial charge is 0.0746 e. The summed E-state index contributed by atoms with van der Waals surface area (Å²) >= 11 is 0. The molecule has 6 aromatic rings. The lowest BCUT2D eigenvalue weighted by Gasteiger charge is -2.31. The van der Waals surface area contributed by atoms with Crippen molar-refractivity contribution in [1.29, 1.82) is 0 Å². The summed E-state index contributed by atoms with van der Waals surface area (Å²) < 4.78 is 2.44. The molecule has 8 rings (SSSR count). The zero-order chi connectivity index (χ0) is 24.7. The Morgan fingerprint density at radius 3 is 1.76 bits per heavy atom. The van der Waals surface area contributed by atoms with E-state index in [2.05, 4.69) is 133 Å². The van der Waals surface area contributed by atoms with Crippen molar-refractivity contribution in [2.75, 3.05) is 0 Å². The Bertz CT molecular complexity index is 1900. The first-order valence-corrected chi connectivity index (χ1v) is 13.0. The number of hydrogen-bond donors (Lipinski definition) is 0. The monoisotopic (exact) mass is 471 g/mol. The first-order valence-electron chi connectivity index (χ1n) is 13.0. The predicted octanol–water partition coefficient (Wildman–Crippen LogP) is 9.18. The molecule has 1 heteroatoms. The number of para-hydroxylation sites is 1. The highest BCUT2D eigenvalue weighted by Crippen LogP contribution is 2.64. The van der Waals surface area contributed by atoms with Crippen LogP contribution < -0.4 is 0 Å². The average molecular weight is 472 g/mol. The standard InChI is InChI=1S/C36H25N/c1-3-23(4-2)37-33-20-12-8-16-27(33)29-22-21-28-26-15-7-11-19-32(26)36(34(28)35(29)37)30-17-9-5-13-24(30)25-14-6-10-18-31(25)36/h3-22H,1H2,2H3/b23-4+. The van der Waals surface area contributed by atoms with E-state index in [4.69, 9.17) is 0 Å². The molecule has 1 spiro atoms. The van der Waals surface area contributed by atoms with Crippen LogP contribution in [0.2, 0.25) is 0 Å². The summed E-state index contributed by atoms with van der Waals surface area (Å²) in [5.74, 6) is 0. The van der Waals surface area contributed by atoms with E-state index in [1.54, 1.807) is 0 Å². The van der Waals surface area contributed by atoms with Crippen LogP contribution in [0.3, 0.4) is 0 Å². The second kappa shape index (κ2) is 7.21. The lowest BCUT2D eigenvalue weighted by molar-refractivity contribution is 0.797. The van der Waals surface area contributed by atoms with Gasteiger partial charge in [-0.2, -0.15) is 0 Å². The summed E-state index contributed by atoms with van der Waals surface area (Å²) in [6, 6.07) is 40.5. The minimum atomic E-state index is -0.384. The van der Waals surface area contributed by atoms with Gasteiger partial charge in [0.05, 0.1) is 16.4 Å². The lowest BCUT2D eigenvalue weighted by atomic mass is 9.70. The Morgan fingerprint density at radius 2 is 1.16 bits per heavy atom. The molecule has 0 atom stereocenters. The summed E-state index contributed by atoms with van der Waals surface area (Å²) in [4.78, 5) is 0. The van der Waals surface area contributed by atoms with Crippen LogP contribution in [-0.2, 0) is 5.41 Å². The van der Waals surface area contributed by atoms with Gasteiger partial charge in [-0.15, -0.1) is 0 Å². The van der Waals surface area contributed by atoms with Gasteiger partial charge < -0.3 is 4.57 Å². The number of benzene rings is 5. The van der Waals surface area contributed by atoms with E-state index in [0.29, 0.717) is 0 Å². The fourth-order valence-electron chi connectivity index (χ4n) is 7.24. The maximum absolute atomic E-state index is 4.21. The van der Waals surface area contributed by atoms with Crippen molar-refractivity contribution >= 4 is 27.5 Å². The number of hydrogen-bond acceptors (Lipinski definition) is 0.